The molecule has 1 saturated heterocycles. The number of carbonyl (C=O) groups excluding carboxylic acids is 1. The van der Waals surface area contributed by atoms with Crippen LogP contribution in [-0.4, -0.2) is 44.9 Å². The third kappa shape index (κ3) is 3.35. The summed E-state index contributed by atoms with van der Waals surface area (Å²) in [4.78, 5) is 16.7. The number of aryl methyl sites for hydroxylation is 2. The molecule has 0 unspecified atom stereocenters. The summed E-state index contributed by atoms with van der Waals surface area (Å²) in [6.45, 7) is 6.09. The lowest BCUT2D eigenvalue weighted by molar-refractivity contribution is 0.0853. The van der Waals surface area contributed by atoms with Gasteiger partial charge in [0.05, 0.1) is 35.7 Å². The van der Waals surface area contributed by atoms with Crippen LogP contribution in [0.4, 0.5) is 0 Å². The van der Waals surface area contributed by atoms with Crippen LogP contribution in [0.2, 0.25) is 0 Å². The fourth-order valence-electron chi connectivity index (χ4n) is 3.28. The van der Waals surface area contributed by atoms with Crippen molar-refractivity contribution < 1.29 is 9.53 Å². The van der Waals surface area contributed by atoms with Gasteiger partial charge in [0.2, 0.25) is 0 Å². The zero-order valence-corrected chi connectivity index (χ0v) is 15.1. The minimum absolute atomic E-state index is 0.126. The molecule has 3 heterocycles. The molecule has 0 saturated carbocycles. The van der Waals surface area contributed by atoms with Crippen molar-refractivity contribution >= 4 is 16.9 Å². The highest BCUT2D eigenvalue weighted by molar-refractivity contribution is 5.92. The Morgan fingerprint density at radius 2 is 2.19 bits per heavy atom. The predicted molar refractivity (Wildman–Crippen MR) is 98.2 cm³/mol. The van der Waals surface area contributed by atoms with E-state index in [4.69, 9.17) is 4.74 Å². The van der Waals surface area contributed by atoms with Gasteiger partial charge in [0.1, 0.15) is 5.69 Å². The topological polar surface area (TPSA) is 84.8 Å². The molecular weight excluding hydrogens is 330 g/mol. The minimum atomic E-state index is -0.176. The van der Waals surface area contributed by atoms with Gasteiger partial charge in [-0.3, -0.25) is 9.89 Å². The average molecular weight is 353 g/mol. The number of fused-ring (bicyclic) bond motifs is 1. The van der Waals surface area contributed by atoms with Gasteiger partial charge in [-0.2, -0.15) is 5.10 Å². The molecule has 1 aliphatic rings. The molecule has 1 aromatic carbocycles. The van der Waals surface area contributed by atoms with Crippen LogP contribution in [0.15, 0.2) is 24.5 Å². The van der Waals surface area contributed by atoms with Crippen LogP contribution in [0, 0.1) is 13.8 Å². The van der Waals surface area contributed by atoms with Gasteiger partial charge >= 0.3 is 0 Å². The molecule has 136 valence electrons. The molecule has 0 bridgehead atoms. The maximum absolute atomic E-state index is 12.2. The molecule has 1 aliphatic heterocycles. The van der Waals surface area contributed by atoms with Gasteiger partial charge in [-0.1, -0.05) is 0 Å². The van der Waals surface area contributed by atoms with Crippen molar-refractivity contribution in [2.24, 2.45) is 0 Å². The number of aromatic amines is 1. The largest absolute Gasteiger partial charge is 0.376 e. The van der Waals surface area contributed by atoms with E-state index in [-0.39, 0.29) is 12.0 Å². The molecule has 1 fully saturated rings. The van der Waals surface area contributed by atoms with Crippen LogP contribution in [0.25, 0.3) is 11.0 Å². The number of carbonyl (C=O) groups is 1. The Hall–Kier alpha value is -2.67. The molecular formula is C19H23N5O2. The van der Waals surface area contributed by atoms with Crippen molar-refractivity contribution in [2.75, 3.05) is 13.2 Å². The predicted octanol–water partition coefficient (Wildman–Crippen LogP) is 2.33. The minimum Gasteiger partial charge on any atom is -0.376 e. The standard InChI is InChI=1S/C19H23N5O2/c1-12-6-16-18(7-13(12)2)24(11-21-16)10-14-8-17(23-22-14)19(25)20-9-15-4-3-5-26-15/h6-8,11,15H,3-5,9-10H2,1-2H3,(H,20,25)(H,22,23)/t15-/m0/s1. The van der Waals surface area contributed by atoms with Gasteiger partial charge in [0.15, 0.2) is 0 Å². The lowest BCUT2D eigenvalue weighted by Gasteiger charge is -2.09. The third-order valence-electron chi connectivity index (χ3n) is 4.96. The summed E-state index contributed by atoms with van der Waals surface area (Å²) in [5.41, 5.74) is 5.78. The number of imidazole rings is 1. The SMILES string of the molecule is Cc1cc2ncn(Cc3cc(C(=O)NC[C@@H]4CCCO4)n[nH]3)c2cc1C. The normalized spacial score (nSPS) is 17.1. The van der Waals surface area contributed by atoms with Crippen LogP contribution < -0.4 is 5.32 Å². The van der Waals surface area contributed by atoms with Crippen molar-refractivity contribution in [3.63, 3.8) is 0 Å². The van der Waals surface area contributed by atoms with Crippen LogP contribution in [0.3, 0.4) is 0 Å². The zero-order chi connectivity index (χ0) is 18.1. The van der Waals surface area contributed by atoms with E-state index in [1.807, 2.05) is 6.33 Å². The number of aromatic nitrogens is 4. The summed E-state index contributed by atoms with van der Waals surface area (Å²) < 4.78 is 7.58. The van der Waals surface area contributed by atoms with E-state index in [1.54, 1.807) is 6.07 Å². The summed E-state index contributed by atoms with van der Waals surface area (Å²) in [5, 5.41) is 9.99. The molecule has 0 spiro atoms. The second-order valence-electron chi connectivity index (χ2n) is 6.92. The Bertz CT molecular complexity index is 937. The highest BCUT2D eigenvalue weighted by atomic mass is 16.5. The number of amides is 1. The molecule has 1 atom stereocenters. The van der Waals surface area contributed by atoms with E-state index < -0.39 is 0 Å². The Morgan fingerprint density at radius 1 is 1.35 bits per heavy atom. The van der Waals surface area contributed by atoms with Crippen molar-refractivity contribution in [1.82, 2.24) is 25.1 Å². The molecule has 2 aromatic heterocycles. The van der Waals surface area contributed by atoms with Gasteiger partial charge in [-0.05, 0) is 56.0 Å². The van der Waals surface area contributed by atoms with Crippen molar-refractivity contribution in [3.05, 3.63) is 47.0 Å². The highest BCUT2D eigenvalue weighted by Gasteiger charge is 2.18. The Labute approximate surface area is 151 Å². The number of nitrogens with one attached hydrogen (secondary N) is 2. The highest BCUT2D eigenvalue weighted by Crippen LogP contribution is 2.19. The van der Waals surface area contributed by atoms with Gasteiger partial charge in [0.25, 0.3) is 5.91 Å². The second kappa shape index (κ2) is 6.92. The lowest BCUT2D eigenvalue weighted by atomic mass is 10.1. The summed E-state index contributed by atoms with van der Waals surface area (Å²) in [6, 6.07) is 6.03. The van der Waals surface area contributed by atoms with Gasteiger partial charge in [-0.25, -0.2) is 4.98 Å². The molecule has 26 heavy (non-hydrogen) atoms. The number of hydrogen-bond donors (Lipinski definition) is 2. The van der Waals surface area contributed by atoms with Crippen LogP contribution >= 0.6 is 0 Å². The van der Waals surface area contributed by atoms with Gasteiger partial charge < -0.3 is 14.6 Å². The molecule has 7 heteroatoms. The summed E-state index contributed by atoms with van der Waals surface area (Å²) in [6.07, 6.45) is 4.01. The maximum Gasteiger partial charge on any atom is 0.271 e. The molecule has 1 amide bonds. The van der Waals surface area contributed by atoms with Crippen molar-refractivity contribution in [1.29, 1.82) is 0 Å². The fourth-order valence-corrected chi connectivity index (χ4v) is 3.28. The lowest BCUT2D eigenvalue weighted by Crippen LogP contribution is -2.31. The van der Waals surface area contributed by atoms with E-state index in [0.29, 0.717) is 18.8 Å². The Morgan fingerprint density at radius 3 is 3.00 bits per heavy atom. The molecule has 2 N–H and O–H groups in total. The number of hydrogen-bond acceptors (Lipinski definition) is 4. The molecule has 3 aromatic rings. The van der Waals surface area contributed by atoms with Crippen LogP contribution in [0.5, 0.6) is 0 Å². The van der Waals surface area contributed by atoms with Crippen molar-refractivity contribution in [2.45, 2.75) is 39.3 Å². The fraction of sp³-hybridized carbons (Fsp3) is 0.421. The van der Waals surface area contributed by atoms with E-state index in [2.05, 4.69) is 51.0 Å². The number of nitrogens with zero attached hydrogens (tertiary/aromatic N) is 3. The average Bonchev–Trinajstić information content (AvgIpc) is 3.36. The Balaban J connectivity index is 1.45. The molecule has 7 nitrogen and oxygen atoms in total. The maximum atomic E-state index is 12.2. The number of ether oxygens (including phenoxy) is 1. The summed E-state index contributed by atoms with van der Waals surface area (Å²) in [5.74, 6) is -0.176. The second-order valence-corrected chi connectivity index (χ2v) is 6.92. The van der Waals surface area contributed by atoms with E-state index in [0.717, 1.165) is 36.2 Å². The van der Waals surface area contributed by atoms with Gasteiger partial charge in [0, 0.05) is 13.2 Å². The smallest absolute Gasteiger partial charge is 0.271 e. The molecule has 0 aliphatic carbocycles. The van der Waals surface area contributed by atoms with E-state index in [9.17, 15) is 4.79 Å². The van der Waals surface area contributed by atoms with Crippen LogP contribution in [-0.2, 0) is 11.3 Å². The van der Waals surface area contributed by atoms with Crippen molar-refractivity contribution in [3.8, 4) is 0 Å². The zero-order valence-electron chi connectivity index (χ0n) is 15.1. The summed E-state index contributed by atoms with van der Waals surface area (Å²) in [7, 11) is 0. The van der Waals surface area contributed by atoms with Crippen LogP contribution in [0.1, 0.15) is 40.2 Å². The number of benzene rings is 1. The van der Waals surface area contributed by atoms with E-state index >= 15 is 0 Å². The monoisotopic (exact) mass is 353 g/mol. The Kier molecular flexibility index (Phi) is 4.46. The number of H-pyrrole nitrogens is 1. The first-order valence-electron chi connectivity index (χ1n) is 8.96. The first-order valence-corrected chi connectivity index (χ1v) is 8.96. The quantitative estimate of drug-likeness (QED) is 0.737. The third-order valence-corrected chi connectivity index (χ3v) is 4.96. The van der Waals surface area contributed by atoms with Gasteiger partial charge in [-0.15, -0.1) is 0 Å². The first-order chi connectivity index (χ1) is 12.6. The molecule has 0 radical (unpaired) electrons. The van der Waals surface area contributed by atoms with E-state index in [1.165, 1.54) is 11.1 Å². The summed E-state index contributed by atoms with van der Waals surface area (Å²) >= 11 is 0. The molecule has 4 rings (SSSR count). The number of rotatable bonds is 5. The first kappa shape index (κ1) is 16.8.